The molecule has 0 unspecified atom stereocenters. The van der Waals surface area contributed by atoms with Gasteiger partial charge in [0, 0.05) is 5.54 Å². The quantitative estimate of drug-likeness (QED) is 0.825. The van der Waals surface area contributed by atoms with Crippen molar-refractivity contribution >= 4 is 5.91 Å². The molecule has 1 aliphatic rings. The molecule has 0 radical (unpaired) electrons. The highest BCUT2D eigenvalue weighted by Crippen LogP contribution is 2.32. The number of hydrogen-bond donors (Lipinski definition) is 2. The summed E-state index contributed by atoms with van der Waals surface area (Å²) >= 11 is 0. The Morgan fingerprint density at radius 3 is 2.48 bits per heavy atom. The number of alkyl halides is 3. The van der Waals surface area contributed by atoms with Gasteiger partial charge < -0.3 is 10.6 Å². The molecule has 1 aromatic carbocycles. The SMILES string of the molecule is CC1(NC(=O)c2cccc(C(F)(F)F)c2F)CCNCC1. The van der Waals surface area contributed by atoms with Crippen molar-refractivity contribution in [1.29, 1.82) is 0 Å². The average molecular weight is 304 g/mol. The normalized spacial score (nSPS) is 18.3. The number of carbonyl (C=O) groups excluding carboxylic acids is 1. The van der Waals surface area contributed by atoms with Gasteiger partial charge in [-0.2, -0.15) is 13.2 Å². The van der Waals surface area contributed by atoms with Crippen LogP contribution in [0.3, 0.4) is 0 Å². The number of rotatable bonds is 2. The largest absolute Gasteiger partial charge is 0.419 e. The molecule has 21 heavy (non-hydrogen) atoms. The first kappa shape index (κ1) is 15.8. The minimum absolute atomic E-state index is 0.539. The maximum atomic E-state index is 13.9. The summed E-state index contributed by atoms with van der Waals surface area (Å²) in [6.07, 6.45) is -3.54. The van der Waals surface area contributed by atoms with Crippen molar-refractivity contribution in [2.45, 2.75) is 31.5 Å². The van der Waals surface area contributed by atoms with Crippen molar-refractivity contribution in [3.05, 3.63) is 35.1 Å². The van der Waals surface area contributed by atoms with Crippen LogP contribution in [-0.4, -0.2) is 24.5 Å². The number of nitrogens with one attached hydrogen (secondary N) is 2. The van der Waals surface area contributed by atoms with Gasteiger partial charge in [-0.15, -0.1) is 0 Å². The molecule has 1 aromatic rings. The highest BCUT2D eigenvalue weighted by atomic mass is 19.4. The monoisotopic (exact) mass is 304 g/mol. The fourth-order valence-electron chi connectivity index (χ4n) is 2.37. The summed E-state index contributed by atoms with van der Waals surface area (Å²) in [6, 6.07) is 2.72. The molecule has 1 saturated heterocycles. The standard InChI is InChI=1S/C14H16F4N2O/c1-13(5-7-19-8-6-13)20-12(21)9-3-2-4-10(11(9)15)14(16,17)18/h2-4,19H,5-8H2,1H3,(H,20,21). The molecule has 7 heteroatoms. The van der Waals surface area contributed by atoms with Crippen molar-refractivity contribution < 1.29 is 22.4 Å². The summed E-state index contributed by atoms with van der Waals surface area (Å²) < 4.78 is 51.8. The van der Waals surface area contributed by atoms with E-state index in [2.05, 4.69) is 10.6 Å². The zero-order chi connectivity index (χ0) is 15.7. The Labute approximate surface area is 119 Å². The lowest BCUT2D eigenvalue weighted by molar-refractivity contribution is -0.140. The Morgan fingerprint density at radius 1 is 1.29 bits per heavy atom. The highest BCUT2D eigenvalue weighted by molar-refractivity contribution is 5.95. The van der Waals surface area contributed by atoms with Gasteiger partial charge in [0.25, 0.3) is 5.91 Å². The minimum atomic E-state index is -4.82. The van der Waals surface area contributed by atoms with Crippen molar-refractivity contribution in [2.24, 2.45) is 0 Å². The lowest BCUT2D eigenvalue weighted by Gasteiger charge is -2.35. The number of piperidine rings is 1. The van der Waals surface area contributed by atoms with Crippen LogP contribution in [0.5, 0.6) is 0 Å². The molecule has 3 nitrogen and oxygen atoms in total. The van der Waals surface area contributed by atoms with Crippen LogP contribution in [0, 0.1) is 5.82 Å². The summed E-state index contributed by atoms with van der Waals surface area (Å²) in [5.41, 5.74) is -2.54. The van der Waals surface area contributed by atoms with Crippen LogP contribution in [0.25, 0.3) is 0 Å². The van der Waals surface area contributed by atoms with Crippen molar-refractivity contribution in [3.63, 3.8) is 0 Å². The Bertz CT molecular complexity index is 536. The van der Waals surface area contributed by atoms with E-state index in [9.17, 15) is 22.4 Å². The second kappa shape index (κ2) is 5.63. The number of halogens is 4. The van der Waals surface area contributed by atoms with Gasteiger partial charge in [0.2, 0.25) is 0 Å². The second-order valence-corrected chi connectivity index (χ2v) is 5.43. The van der Waals surface area contributed by atoms with Crippen LogP contribution in [0.1, 0.15) is 35.7 Å². The summed E-state index contributed by atoms with van der Waals surface area (Å²) in [5.74, 6) is -2.34. The van der Waals surface area contributed by atoms with E-state index in [1.165, 1.54) is 0 Å². The molecule has 0 aliphatic carbocycles. The third-order valence-corrected chi connectivity index (χ3v) is 3.67. The van der Waals surface area contributed by atoms with Crippen LogP contribution in [0.4, 0.5) is 17.6 Å². The zero-order valence-electron chi connectivity index (χ0n) is 11.5. The van der Waals surface area contributed by atoms with E-state index < -0.39 is 34.6 Å². The van der Waals surface area contributed by atoms with Crippen LogP contribution in [-0.2, 0) is 6.18 Å². The molecule has 0 spiro atoms. The van der Waals surface area contributed by atoms with E-state index in [1.807, 2.05) is 0 Å². The Balaban J connectivity index is 2.24. The van der Waals surface area contributed by atoms with Crippen molar-refractivity contribution in [1.82, 2.24) is 10.6 Å². The number of amides is 1. The molecule has 0 bridgehead atoms. The zero-order valence-corrected chi connectivity index (χ0v) is 11.5. The lowest BCUT2D eigenvalue weighted by Crippen LogP contribution is -2.52. The Morgan fingerprint density at radius 2 is 1.90 bits per heavy atom. The summed E-state index contributed by atoms with van der Waals surface area (Å²) in [6.45, 7) is 3.20. The molecule has 0 aromatic heterocycles. The second-order valence-electron chi connectivity index (χ2n) is 5.43. The molecular formula is C14H16F4N2O. The molecule has 2 rings (SSSR count). The summed E-state index contributed by atoms with van der Waals surface area (Å²) in [5, 5.41) is 5.76. The van der Waals surface area contributed by atoms with Crippen LogP contribution < -0.4 is 10.6 Å². The van der Waals surface area contributed by atoms with E-state index in [1.54, 1.807) is 6.92 Å². The molecule has 0 atom stereocenters. The maximum absolute atomic E-state index is 13.9. The fraction of sp³-hybridized carbons (Fsp3) is 0.500. The molecule has 2 N–H and O–H groups in total. The van der Waals surface area contributed by atoms with Crippen LogP contribution >= 0.6 is 0 Å². The smallest absolute Gasteiger partial charge is 0.347 e. The molecule has 116 valence electrons. The Hall–Kier alpha value is -1.63. The van der Waals surface area contributed by atoms with Gasteiger partial charge >= 0.3 is 6.18 Å². The van der Waals surface area contributed by atoms with E-state index >= 15 is 0 Å². The van der Waals surface area contributed by atoms with Gasteiger partial charge in [-0.1, -0.05) is 6.07 Å². The van der Waals surface area contributed by atoms with Gasteiger partial charge in [0.1, 0.15) is 5.82 Å². The van der Waals surface area contributed by atoms with E-state index in [0.29, 0.717) is 32.0 Å². The molecule has 1 fully saturated rings. The minimum Gasteiger partial charge on any atom is -0.347 e. The van der Waals surface area contributed by atoms with E-state index in [0.717, 1.165) is 12.1 Å². The van der Waals surface area contributed by atoms with Gasteiger partial charge in [-0.25, -0.2) is 4.39 Å². The Kier molecular flexibility index (Phi) is 4.22. The van der Waals surface area contributed by atoms with E-state index in [-0.39, 0.29) is 0 Å². The highest BCUT2D eigenvalue weighted by Gasteiger charge is 2.36. The first-order valence-corrected chi connectivity index (χ1v) is 6.62. The average Bonchev–Trinajstić information content (AvgIpc) is 2.37. The van der Waals surface area contributed by atoms with Crippen molar-refractivity contribution in [2.75, 3.05) is 13.1 Å². The van der Waals surface area contributed by atoms with Crippen LogP contribution in [0.2, 0.25) is 0 Å². The summed E-state index contributed by atoms with van der Waals surface area (Å²) in [4.78, 5) is 12.1. The number of hydrogen-bond acceptors (Lipinski definition) is 2. The van der Waals surface area contributed by atoms with Gasteiger partial charge in [0.15, 0.2) is 0 Å². The van der Waals surface area contributed by atoms with Gasteiger partial charge in [-0.05, 0) is 45.0 Å². The molecule has 1 heterocycles. The van der Waals surface area contributed by atoms with E-state index in [4.69, 9.17) is 0 Å². The first-order valence-electron chi connectivity index (χ1n) is 6.62. The lowest BCUT2D eigenvalue weighted by atomic mass is 9.90. The number of benzene rings is 1. The predicted octanol–water partition coefficient (Wildman–Crippen LogP) is 2.72. The first-order chi connectivity index (χ1) is 9.73. The predicted molar refractivity (Wildman–Crippen MR) is 69.4 cm³/mol. The van der Waals surface area contributed by atoms with Gasteiger partial charge in [0.05, 0.1) is 11.1 Å². The fourth-order valence-corrected chi connectivity index (χ4v) is 2.37. The van der Waals surface area contributed by atoms with Crippen molar-refractivity contribution in [3.8, 4) is 0 Å². The maximum Gasteiger partial charge on any atom is 0.419 e. The van der Waals surface area contributed by atoms with Gasteiger partial charge in [-0.3, -0.25) is 4.79 Å². The van der Waals surface area contributed by atoms with Crippen LogP contribution in [0.15, 0.2) is 18.2 Å². The molecule has 0 saturated carbocycles. The number of carbonyl (C=O) groups is 1. The molecule has 1 amide bonds. The topological polar surface area (TPSA) is 41.1 Å². The third kappa shape index (κ3) is 3.53. The molecule has 1 aliphatic heterocycles. The summed E-state index contributed by atoms with van der Waals surface area (Å²) in [7, 11) is 0. The third-order valence-electron chi connectivity index (χ3n) is 3.67. The molecular weight excluding hydrogens is 288 g/mol.